The Morgan fingerprint density at radius 2 is 1.89 bits per heavy atom. The molecule has 0 saturated heterocycles. The topological polar surface area (TPSA) is 21.3 Å². The number of hydrogen-bond acceptors (Lipinski definition) is 2. The number of aryl methyl sites for hydroxylation is 1. The average Bonchev–Trinajstić information content (AvgIpc) is 2.67. The van der Waals surface area contributed by atoms with Crippen LogP contribution in [0.25, 0.3) is 0 Å². The molecular formula is C17H27NO. The quantitative estimate of drug-likeness (QED) is 0.770. The lowest BCUT2D eigenvalue weighted by Gasteiger charge is -2.17. The monoisotopic (exact) mass is 261 g/mol. The summed E-state index contributed by atoms with van der Waals surface area (Å²) in [4.78, 5) is 0. The SMILES string of the molecule is CCOc1ccc(NCC2CCCCCC2)c(C)c1. The summed E-state index contributed by atoms with van der Waals surface area (Å²) in [5.41, 5.74) is 2.53. The van der Waals surface area contributed by atoms with Crippen molar-refractivity contribution in [2.45, 2.75) is 52.4 Å². The van der Waals surface area contributed by atoms with Crippen molar-refractivity contribution in [3.8, 4) is 5.75 Å². The molecule has 0 unspecified atom stereocenters. The van der Waals surface area contributed by atoms with Crippen LogP contribution in [0.1, 0.15) is 51.0 Å². The van der Waals surface area contributed by atoms with E-state index >= 15 is 0 Å². The molecule has 0 atom stereocenters. The standard InChI is InChI=1S/C17H27NO/c1-3-19-16-10-11-17(14(2)12-16)18-13-15-8-6-4-5-7-9-15/h10-12,15,18H,3-9,13H2,1-2H3. The van der Waals surface area contributed by atoms with Gasteiger partial charge in [-0.2, -0.15) is 0 Å². The molecule has 1 aliphatic rings. The summed E-state index contributed by atoms with van der Waals surface area (Å²) in [6.07, 6.45) is 8.46. The number of benzene rings is 1. The molecule has 2 nitrogen and oxygen atoms in total. The third kappa shape index (κ3) is 4.45. The van der Waals surface area contributed by atoms with Crippen molar-refractivity contribution >= 4 is 5.69 Å². The van der Waals surface area contributed by atoms with Gasteiger partial charge in [0.15, 0.2) is 0 Å². The molecule has 1 aromatic rings. The number of hydrogen-bond donors (Lipinski definition) is 1. The van der Waals surface area contributed by atoms with Crippen molar-refractivity contribution in [1.29, 1.82) is 0 Å². The lowest BCUT2D eigenvalue weighted by atomic mass is 10.0. The lowest BCUT2D eigenvalue weighted by Crippen LogP contribution is -2.14. The highest BCUT2D eigenvalue weighted by molar-refractivity contribution is 5.53. The minimum Gasteiger partial charge on any atom is -0.494 e. The minimum absolute atomic E-state index is 0.730. The van der Waals surface area contributed by atoms with Gasteiger partial charge < -0.3 is 10.1 Å². The molecule has 0 amide bonds. The van der Waals surface area contributed by atoms with Crippen molar-refractivity contribution < 1.29 is 4.74 Å². The predicted octanol–water partition coefficient (Wildman–Crippen LogP) is 4.78. The molecule has 0 radical (unpaired) electrons. The first-order valence-corrected chi connectivity index (χ1v) is 7.77. The second-order valence-electron chi connectivity index (χ2n) is 5.65. The lowest BCUT2D eigenvalue weighted by molar-refractivity contribution is 0.340. The molecule has 0 aromatic heterocycles. The molecule has 2 heteroatoms. The van der Waals surface area contributed by atoms with Gasteiger partial charge in [0.1, 0.15) is 5.75 Å². The van der Waals surface area contributed by atoms with E-state index in [1.807, 2.05) is 6.92 Å². The van der Waals surface area contributed by atoms with Gasteiger partial charge >= 0.3 is 0 Å². The van der Waals surface area contributed by atoms with Crippen LogP contribution in [0.15, 0.2) is 18.2 Å². The second-order valence-corrected chi connectivity index (χ2v) is 5.65. The zero-order valence-electron chi connectivity index (χ0n) is 12.4. The van der Waals surface area contributed by atoms with Crippen LogP contribution >= 0.6 is 0 Å². The zero-order chi connectivity index (χ0) is 13.5. The van der Waals surface area contributed by atoms with Gasteiger partial charge in [0.05, 0.1) is 6.61 Å². The van der Waals surface area contributed by atoms with Crippen molar-refractivity contribution in [3.05, 3.63) is 23.8 Å². The summed E-state index contributed by atoms with van der Waals surface area (Å²) in [5, 5.41) is 3.62. The number of ether oxygens (including phenoxy) is 1. The normalized spacial score (nSPS) is 16.9. The Hall–Kier alpha value is -1.18. The summed E-state index contributed by atoms with van der Waals surface area (Å²) in [5.74, 6) is 1.83. The summed E-state index contributed by atoms with van der Waals surface area (Å²) in [7, 11) is 0. The highest BCUT2D eigenvalue weighted by Crippen LogP contribution is 2.25. The molecule has 1 aliphatic carbocycles. The molecule has 0 aliphatic heterocycles. The van der Waals surface area contributed by atoms with Gasteiger partial charge in [-0.3, -0.25) is 0 Å². The first kappa shape index (κ1) is 14.2. The van der Waals surface area contributed by atoms with Crippen LogP contribution in [-0.2, 0) is 0 Å². The van der Waals surface area contributed by atoms with Gasteiger partial charge in [0, 0.05) is 12.2 Å². The molecule has 0 heterocycles. The van der Waals surface area contributed by atoms with Crippen molar-refractivity contribution in [3.63, 3.8) is 0 Å². The van der Waals surface area contributed by atoms with E-state index in [4.69, 9.17) is 4.74 Å². The first-order valence-electron chi connectivity index (χ1n) is 7.77. The third-order valence-corrected chi connectivity index (χ3v) is 4.06. The fourth-order valence-electron chi connectivity index (χ4n) is 2.91. The van der Waals surface area contributed by atoms with Crippen LogP contribution in [-0.4, -0.2) is 13.2 Å². The van der Waals surface area contributed by atoms with Gasteiger partial charge in [-0.1, -0.05) is 25.7 Å². The highest BCUT2D eigenvalue weighted by atomic mass is 16.5. The smallest absolute Gasteiger partial charge is 0.119 e. The Kier molecular flexibility index (Phi) is 5.56. The van der Waals surface area contributed by atoms with Gasteiger partial charge in [-0.15, -0.1) is 0 Å². The Balaban J connectivity index is 1.87. The second kappa shape index (κ2) is 7.42. The maximum atomic E-state index is 5.52. The van der Waals surface area contributed by atoms with Gasteiger partial charge in [-0.05, 0) is 56.4 Å². The Labute approximate surface area is 117 Å². The maximum Gasteiger partial charge on any atom is 0.119 e. The average molecular weight is 261 g/mol. The molecule has 0 spiro atoms. The molecule has 0 bridgehead atoms. The van der Waals surface area contributed by atoms with E-state index in [9.17, 15) is 0 Å². The van der Waals surface area contributed by atoms with E-state index in [2.05, 4.69) is 30.4 Å². The van der Waals surface area contributed by atoms with Crippen LogP contribution in [0.2, 0.25) is 0 Å². The fourth-order valence-corrected chi connectivity index (χ4v) is 2.91. The van der Waals surface area contributed by atoms with Crippen molar-refractivity contribution in [2.75, 3.05) is 18.5 Å². The third-order valence-electron chi connectivity index (χ3n) is 4.06. The Morgan fingerprint density at radius 3 is 2.53 bits per heavy atom. The van der Waals surface area contributed by atoms with E-state index in [1.165, 1.54) is 49.8 Å². The largest absolute Gasteiger partial charge is 0.494 e. The molecule has 1 saturated carbocycles. The first-order chi connectivity index (χ1) is 9.29. The van der Waals surface area contributed by atoms with Crippen LogP contribution in [0, 0.1) is 12.8 Å². The Bertz CT molecular complexity index is 381. The van der Waals surface area contributed by atoms with E-state index in [-0.39, 0.29) is 0 Å². The van der Waals surface area contributed by atoms with E-state index < -0.39 is 0 Å². The molecule has 1 aromatic carbocycles. The summed E-state index contributed by atoms with van der Waals surface area (Å²) in [6, 6.07) is 6.34. The van der Waals surface area contributed by atoms with Crippen molar-refractivity contribution in [2.24, 2.45) is 5.92 Å². The number of rotatable bonds is 5. The summed E-state index contributed by atoms with van der Waals surface area (Å²) < 4.78 is 5.52. The van der Waals surface area contributed by atoms with Crippen molar-refractivity contribution in [1.82, 2.24) is 0 Å². The number of nitrogens with one attached hydrogen (secondary N) is 1. The summed E-state index contributed by atoms with van der Waals surface area (Å²) >= 11 is 0. The van der Waals surface area contributed by atoms with Crippen LogP contribution in [0.3, 0.4) is 0 Å². The van der Waals surface area contributed by atoms with Gasteiger partial charge in [0.25, 0.3) is 0 Å². The molecule has 106 valence electrons. The molecule has 19 heavy (non-hydrogen) atoms. The summed E-state index contributed by atoms with van der Waals surface area (Å²) in [6.45, 7) is 6.02. The van der Waals surface area contributed by atoms with E-state index in [1.54, 1.807) is 0 Å². The van der Waals surface area contributed by atoms with Gasteiger partial charge in [0.2, 0.25) is 0 Å². The van der Waals surface area contributed by atoms with E-state index in [0.717, 1.165) is 24.8 Å². The van der Waals surface area contributed by atoms with Gasteiger partial charge in [-0.25, -0.2) is 0 Å². The van der Waals surface area contributed by atoms with Crippen LogP contribution < -0.4 is 10.1 Å². The van der Waals surface area contributed by atoms with Crippen LogP contribution in [0.5, 0.6) is 5.75 Å². The van der Waals surface area contributed by atoms with Crippen LogP contribution in [0.4, 0.5) is 5.69 Å². The zero-order valence-corrected chi connectivity index (χ0v) is 12.4. The minimum atomic E-state index is 0.730. The number of anilines is 1. The molecule has 1 N–H and O–H groups in total. The van der Waals surface area contributed by atoms with E-state index in [0.29, 0.717) is 0 Å². The molecule has 1 fully saturated rings. The fraction of sp³-hybridized carbons (Fsp3) is 0.647. The maximum absolute atomic E-state index is 5.52. The molecular weight excluding hydrogens is 234 g/mol. The highest BCUT2D eigenvalue weighted by Gasteiger charge is 2.12. The predicted molar refractivity (Wildman–Crippen MR) is 82.0 cm³/mol. The Morgan fingerprint density at radius 1 is 1.16 bits per heavy atom. The molecule has 2 rings (SSSR count).